The topological polar surface area (TPSA) is 100 Å². The molecule has 0 radical (unpaired) electrons. The summed E-state index contributed by atoms with van der Waals surface area (Å²) in [4.78, 5) is 19.6. The van der Waals surface area contributed by atoms with Gasteiger partial charge in [0.25, 0.3) is 5.91 Å². The van der Waals surface area contributed by atoms with Gasteiger partial charge in [-0.3, -0.25) is 4.79 Å². The zero-order chi connectivity index (χ0) is 28.2. The van der Waals surface area contributed by atoms with Crippen molar-refractivity contribution in [3.63, 3.8) is 0 Å². The minimum Gasteiger partial charge on any atom is -0.472 e. The SMILES string of the molecule is C[C@H]1CN([C@@H](C)CO)C(=O)c2cc(/C=C/c3ccccc3)cnc2O[C@@H]1CN(C)S(=O)(=O)c1ccc(F)cc1. The second-order valence-electron chi connectivity index (χ2n) is 9.73. The summed E-state index contributed by atoms with van der Waals surface area (Å²) in [5, 5.41) is 9.86. The average Bonchev–Trinajstić information content (AvgIpc) is 2.94. The molecular formula is C29H32FN3O5S. The smallest absolute Gasteiger partial charge is 0.259 e. The van der Waals surface area contributed by atoms with Gasteiger partial charge in [0.1, 0.15) is 17.5 Å². The van der Waals surface area contributed by atoms with Gasteiger partial charge in [-0.05, 0) is 48.4 Å². The molecule has 1 amide bonds. The standard InChI is InChI=1S/C29H32FN3O5S/c1-20-17-33(21(2)19-34)29(35)26-15-23(10-9-22-7-5-4-6-8-22)16-31-28(26)38-27(20)18-32(3)39(36,37)25-13-11-24(30)12-14-25/h4-16,20-21,27,34H,17-19H2,1-3H3/b10-9+/t20-,21-,27+/m0/s1. The number of aromatic nitrogens is 1. The number of fused-ring (bicyclic) bond motifs is 1. The monoisotopic (exact) mass is 553 g/mol. The van der Waals surface area contributed by atoms with Crippen LogP contribution in [0.2, 0.25) is 0 Å². The third-order valence-corrected chi connectivity index (χ3v) is 8.61. The second-order valence-corrected chi connectivity index (χ2v) is 11.8. The Hall–Kier alpha value is -3.60. The Morgan fingerprint density at radius 2 is 1.82 bits per heavy atom. The van der Waals surface area contributed by atoms with Crippen LogP contribution in [0.3, 0.4) is 0 Å². The fourth-order valence-electron chi connectivity index (χ4n) is 4.32. The molecule has 0 unspecified atom stereocenters. The molecule has 4 rings (SSSR count). The van der Waals surface area contributed by atoms with Gasteiger partial charge in [-0.25, -0.2) is 17.8 Å². The lowest BCUT2D eigenvalue weighted by molar-refractivity contribution is 0.0373. The number of hydrogen-bond donors (Lipinski definition) is 1. The number of carbonyl (C=O) groups is 1. The van der Waals surface area contributed by atoms with Crippen molar-refractivity contribution in [2.24, 2.45) is 5.92 Å². The van der Waals surface area contributed by atoms with E-state index in [1.54, 1.807) is 24.1 Å². The predicted octanol–water partition coefficient (Wildman–Crippen LogP) is 3.93. The fourth-order valence-corrected chi connectivity index (χ4v) is 5.51. The largest absolute Gasteiger partial charge is 0.472 e. The molecule has 1 aromatic heterocycles. The van der Waals surface area contributed by atoms with E-state index >= 15 is 0 Å². The van der Waals surface area contributed by atoms with Crippen molar-refractivity contribution in [1.29, 1.82) is 0 Å². The second kappa shape index (κ2) is 12.1. The van der Waals surface area contributed by atoms with E-state index < -0.39 is 28.0 Å². The molecule has 0 saturated heterocycles. The predicted molar refractivity (Wildman–Crippen MR) is 147 cm³/mol. The highest BCUT2D eigenvalue weighted by Gasteiger charge is 2.35. The summed E-state index contributed by atoms with van der Waals surface area (Å²) in [5.41, 5.74) is 1.90. The van der Waals surface area contributed by atoms with Gasteiger partial charge in [-0.2, -0.15) is 4.31 Å². The minimum absolute atomic E-state index is 0.0345. The Labute approximate surface area is 228 Å². The number of hydrogen-bond acceptors (Lipinski definition) is 6. The van der Waals surface area contributed by atoms with Gasteiger partial charge >= 0.3 is 0 Å². The third kappa shape index (κ3) is 6.52. The van der Waals surface area contributed by atoms with Crippen LogP contribution in [-0.2, 0) is 10.0 Å². The van der Waals surface area contributed by atoms with Crippen LogP contribution < -0.4 is 4.74 Å². The van der Waals surface area contributed by atoms with Crippen molar-refractivity contribution in [2.45, 2.75) is 30.9 Å². The quantitative estimate of drug-likeness (QED) is 0.454. The summed E-state index contributed by atoms with van der Waals surface area (Å²) in [5.74, 6) is -1.07. The van der Waals surface area contributed by atoms with Crippen molar-refractivity contribution in [1.82, 2.24) is 14.2 Å². The molecule has 3 atom stereocenters. The van der Waals surface area contributed by atoms with Gasteiger partial charge < -0.3 is 14.7 Å². The van der Waals surface area contributed by atoms with Crippen LogP contribution in [0, 0.1) is 11.7 Å². The van der Waals surface area contributed by atoms with Crippen LogP contribution in [0.25, 0.3) is 12.2 Å². The molecule has 2 aromatic carbocycles. The highest BCUT2D eigenvalue weighted by atomic mass is 32.2. The van der Waals surface area contributed by atoms with E-state index in [9.17, 15) is 22.7 Å². The number of pyridine rings is 1. The normalized spacial score (nSPS) is 18.9. The maximum Gasteiger partial charge on any atom is 0.259 e. The number of rotatable bonds is 8. The average molecular weight is 554 g/mol. The number of amides is 1. The molecule has 0 fully saturated rings. The molecule has 10 heteroatoms. The van der Waals surface area contributed by atoms with E-state index in [-0.39, 0.29) is 47.9 Å². The van der Waals surface area contributed by atoms with E-state index in [0.29, 0.717) is 5.56 Å². The van der Waals surface area contributed by atoms with Crippen LogP contribution in [0.4, 0.5) is 4.39 Å². The Balaban J connectivity index is 1.66. The summed E-state index contributed by atoms with van der Waals surface area (Å²) in [6.45, 7) is 3.57. The first-order valence-electron chi connectivity index (χ1n) is 12.6. The zero-order valence-corrected chi connectivity index (χ0v) is 22.9. The molecule has 39 heavy (non-hydrogen) atoms. The minimum atomic E-state index is -3.93. The van der Waals surface area contributed by atoms with E-state index in [1.807, 2.05) is 49.4 Å². The summed E-state index contributed by atoms with van der Waals surface area (Å²) in [6, 6.07) is 15.5. The van der Waals surface area contributed by atoms with Gasteiger partial charge in [-0.1, -0.05) is 49.4 Å². The molecule has 1 aliphatic rings. The molecule has 3 aromatic rings. The van der Waals surface area contributed by atoms with Crippen molar-refractivity contribution >= 4 is 28.1 Å². The first-order valence-corrected chi connectivity index (χ1v) is 14.1. The molecule has 0 bridgehead atoms. The number of aliphatic hydroxyl groups is 1. The molecular weight excluding hydrogens is 521 g/mol. The first kappa shape index (κ1) is 28.4. The van der Waals surface area contributed by atoms with Crippen LogP contribution in [0.15, 0.2) is 71.8 Å². The van der Waals surface area contributed by atoms with E-state index in [0.717, 1.165) is 22.0 Å². The van der Waals surface area contributed by atoms with Crippen LogP contribution in [0.1, 0.15) is 35.3 Å². The van der Waals surface area contributed by atoms with E-state index in [1.165, 1.54) is 19.2 Å². The number of ether oxygens (including phenoxy) is 1. The number of aliphatic hydroxyl groups excluding tert-OH is 1. The van der Waals surface area contributed by atoms with Crippen LogP contribution >= 0.6 is 0 Å². The van der Waals surface area contributed by atoms with Crippen molar-refractivity contribution in [3.05, 3.63) is 89.4 Å². The summed E-state index contributed by atoms with van der Waals surface area (Å²) < 4.78 is 47.0. The molecule has 2 heterocycles. The Morgan fingerprint density at radius 1 is 1.15 bits per heavy atom. The number of sulfonamides is 1. The van der Waals surface area contributed by atoms with Gasteiger partial charge in [0, 0.05) is 25.7 Å². The Bertz CT molecular complexity index is 1430. The number of likely N-dealkylation sites (N-methyl/N-ethyl adjacent to an activating group) is 1. The van der Waals surface area contributed by atoms with Crippen LogP contribution in [-0.4, -0.2) is 72.5 Å². The fraction of sp³-hybridized carbons (Fsp3) is 0.310. The lowest BCUT2D eigenvalue weighted by Crippen LogP contribution is -2.50. The molecule has 8 nitrogen and oxygen atoms in total. The Morgan fingerprint density at radius 3 is 2.49 bits per heavy atom. The maximum absolute atomic E-state index is 13.6. The van der Waals surface area contributed by atoms with Crippen molar-refractivity contribution in [2.75, 3.05) is 26.7 Å². The summed E-state index contributed by atoms with van der Waals surface area (Å²) in [6.07, 6.45) is 4.68. The summed E-state index contributed by atoms with van der Waals surface area (Å²) in [7, 11) is -2.50. The number of halogens is 1. The Kier molecular flexibility index (Phi) is 8.79. The molecule has 0 aliphatic carbocycles. The van der Waals surface area contributed by atoms with E-state index in [2.05, 4.69) is 4.98 Å². The molecule has 1 N–H and O–H groups in total. The van der Waals surface area contributed by atoms with Gasteiger partial charge in [-0.15, -0.1) is 0 Å². The zero-order valence-electron chi connectivity index (χ0n) is 22.1. The molecule has 1 aliphatic heterocycles. The van der Waals surface area contributed by atoms with Crippen molar-refractivity contribution < 1.29 is 27.4 Å². The highest BCUT2D eigenvalue weighted by Crippen LogP contribution is 2.28. The molecule has 0 saturated carbocycles. The maximum atomic E-state index is 13.6. The molecule has 206 valence electrons. The first-order chi connectivity index (χ1) is 18.6. The highest BCUT2D eigenvalue weighted by molar-refractivity contribution is 7.89. The van der Waals surface area contributed by atoms with Gasteiger partial charge in [0.15, 0.2) is 0 Å². The van der Waals surface area contributed by atoms with Gasteiger partial charge in [0.2, 0.25) is 15.9 Å². The summed E-state index contributed by atoms with van der Waals surface area (Å²) >= 11 is 0. The van der Waals surface area contributed by atoms with Crippen LogP contribution in [0.5, 0.6) is 5.88 Å². The number of benzene rings is 2. The van der Waals surface area contributed by atoms with E-state index in [4.69, 9.17) is 4.74 Å². The number of carbonyl (C=O) groups excluding carboxylic acids is 1. The molecule has 0 spiro atoms. The third-order valence-electron chi connectivity index (χ3n) is 6.77. The number of nitrogens with zero attached hydrogens (tertiary/aromatic N) is 3. The lowest BCUT2D eigenvalue weighted by atomic mass is 10.00. The van der Waals surface area contributed by atoms with Crippen molar-refractivity contribution in [3.8, 4) is 5.88 Å². The van der Waals surface area contributed by atoms with Gasteiger partial charge in [0.05, 0.1) is 24.1 Å². The lowest BCUT2D eigenvalue weighted by Gasteiger charge is -2.37.